The highest BCUT2D eigenvalue weighted by molar-refractivity contribution is 6.33. The molecule has 21 heavy (non-hydrogen) atoms. The van der Waals surface area contributed by atoms with E-state index in [1.807, 2.05) is 22.9 Å². The van der Waals surface area contributed by atoms with Crippen LogP contribution in [0.2, 0.25) is 5.02 Å². The maximum atomic E-state index is 6.58. The quantitative estimate of drug-likeness (QED) is 0.870. The molecule has 3 rings (SSSR count). The molecule has 5 nitrogen and oxygen atoms in total. The molecule has 0 spiro atoms. The molecule has 0 atom stereocenters. The second kappa shape index (κ2) is 6.56. The number of pyridine rings is 1. The van der Waals surface area contributed by atoms with Gasteiger partial charge in [0, 0.05) is 32.4 Å². The van der Waals surface area contributed by atoms with Gasteiger partial charge in [0.25, 0.3) is 0 Å². The summed E-state index contributed by atoms with van der Waals surface area (Å²) in [5.74, 6) is 0. The van der Waals surface area contributed by atoms with Crippen molar-refractivity contribution >= 4 is 11.6 Å². The Labute approximate surface area is 129 Å². The molecule has 0 unspecified atom stereocenters. The van der Waals surface area contributed by atoms with Crippen molar-refractivity contribution in [2.24, 2.45) is 0 Å². The van der Waals surface area contributed by atoms with E-state index in [0.29, 0.717) is 5.02 Å². The largest absolute Gasteiger partial charge is 0.379 e. The second-order valence-corrected chi connectivity index (χ2v) is 5.41. The maximum absolute atomic E-state index is 6.58. The number of aromatic nitrogens is 3. The van der Waals surface area contributed by atoms with E-state index in [-0.39, 0.29) is 0 Å². The molecule has 0 aromatic carbocycles. The predicted octanol–water partition coefficient (Wildman–Crippen LogP) is 2.45. The molecule has 1 aliphatic rings. The number of nitrogens with zero attached hydrogens (tertiary/aromatic N) is 4. The molecule has 6 heteroatoms. The van der Waals surface area contributed by atoms with Crippen molar-refractivity contribution in [3.63, 3.8) is 0 Å². The lowest BCUT2D eigenvalue weighted by atomic mass is 10.2. The van der Waals surface area contributed by atoms with Crippen molar-refractivity contribution in [1.82, 2.24) is 19.7 Å². The molecule has 0 aliphatic carbocycles. The summed E-state index contributed by atoms with van der Waals surface area (Å²) >= 11 is 6.58. The fourth-order valence-corrected chi connectivity index (χ4v) is 2.83. The first kappa shape index (κ1) is 14.5. The minimum atomic E-state index is 0.710. The summed E-state index contributed by atoms with van der Waals surface area (Å²) in [6, 6.07) is 5.83. The van der Waals surface area contributed by atoms with Crippen LogP contribution in [-0.4, -0.2) is 46.0 Å². The summed E-state index contributed by atoms with van der Waals surface area (Å²) in [4.78, 5) is 6.72. The van der Waals surface area contributed by atoms with Crippen molar-refractivity contribution in [3.05, 3.63) is 35.1 Å². The zero-order valence-corrected chi connectivity index (χ0v) is 12.9. The fraction of sp³-hybridized carbons (Fsp3) is 0.467. The van der Waals surface area contributed by atoms with E-state index in [4.69, 9.17) is 16.3 Å². The van der Waals surface area contributed by atoms with E-state index in [0.717, 1.165) is 56.5 Å². The molecular weight excluding hydrogens is 288 g/mol. The third-order valence-electron chi connectivity index (χ3n) is 3.64. The lowest BCUT2D eigenvalue weighted by molar-refractivity contribution is 0.0336. The summed E-state index contributed by atoms with van der Waals surface area (Å²) in [6.45, 7) is 7.00. The lowest BCUT2D eigenvalue weighted by Crippen LogP contribution is -2.35. The van der Waals surface area contributed by atoms with Gasteiger partial charge in [0.15, 0.2) is 0 Å². The number of hydrogen-bond donors (Lipinski definition) is 0. The minimum absolute atomic E-state index is 0.710. The van der Waals surface area contributed by atoms with Crippen LogP contribution in [0.1, 0.15) is 12.6 Å². The minimum Gasteiger partial charge on any atom is -0.379 e. The van der Waals surface area contributed by atoms with Crippen molar-refractivity contribution in [1.29, 1.82) is 0 Å². The average Bonchev–Trinajstić information content (AvgIpc) is 2.85. The van der Waals surface area contributed by atoms with Crippen LogP contribution in [0.5, 0.6) is 0 Å². The van der Waals surface area contributed by atoms with Gasteiger partial charge in [-0.25, -0.2) is 0 Å². The normalized spacial score (nSPS) is 16.3. The lowest BCUT2D eigenvalue weighted by Gasteiger charge is -2.25. The van der Waals surface area contributed by atoms with Crippen LogP contribution in [0.3, 0.4) is 0 Å². The highest BCUT2D eigenvalue weighted by Gasteiger charge is 2.20. The Bertz CT molecular complexity index is 593. The van der Waals surface area contributed by atoms with E-state index in [1.165, 1.54) is 0 Å². The molecule has 1 saturated heterocycles. The van der Waals surface area contributed by atoms with Crippen LogP contribution in [0.15, 0.2) is 24.4 Å². The monoisotopic (exact) mass is 306 g/mol. The average molecular weight is 307 g/mol. The molecule has 0 N–H and O–H groups in total. The second-order valence-electron chi connectivity index (χ2n) is 5.03. The number of aryl methyl sites for hydroxylation is 1. The zero-order valence-electron chi connectivity index (χ0n) is 12.1. The zero-order chi connectivity index (χ0) is 14.7. The molecule has 2 aromatic rings. The van der Waals surface area contributed by atoms with E-state index >= 15 is 0 Å². The van der Waals surface area contributed by atoms with Crippen molar-refractivity contribution in [2.45, 2.75) is 20.0 Å². The molecule has 0 radical (unpaired) electrons. The van der Waals surface area contributed by atoms with Crippen LogP contribution < -0.4 is 0 Å². The molecule has 3 heterocycles. The summed E-state index contributed by atoms with van der Waals surface area (Å²) in [6.07, 6.45) is 1.78. The van der Waals surface area contributed by atoms with Crippen LogP contribution >= 0.6 is 11.6 Å². The topological polar surface area (TPSA) is 43.2 Å². The Morgan fingerprint density at radius 1 is 1.29 bits per heavy atom. The van der Waals surface area contributed by atoms with Crippen LogP contribution in [0.25, 0.3) is 11.4 Å². The van der Waals surface area contributed by atoms with Crippen LogP contribution in [0.4, 0.5) is 0 Å². The molecule has 2 aromatic heterocycles. The van der Waals surface area contributed by atoms with Gasteiger partial charge in [-0.3, -0.25) is 14.6 Å². The molecule has 1 aliphatic heterocycles. The van der Waals surface area contributed by atoms with E-state index in [1.54, 1.807) is 6.20 Å². The van der Waals surface area contributed by atoms with Gasteiger partial charge in [-0.05, 0) is 19.1 Å². The third-order valence-corrected chi connectivity index (χ3v) is 4.04. The number of ether oxygens (including phenoxy) is 1. The molecule has 0 bridgehead atoms. The first-order chi connectivity index (χ1) is 10.3. The smallest absolute Gasteiger partial charge is 0.106 e. The fourth-order valence-electron chi connectivity index (χ4n) is 2.54. The molecule has 112 valence electrons. The van der Waals surface area contributed by atoms with Crippen LogP contribution in [-0.2, 0) is 17.8 Å². The molecular formula is C15H19ClN4O. The maximum Gasteiger partial charge on any atom is 0.106 e. The SMILES string of the molecule is CCn1nc(CN2CCOCC2)c(Cl)c1-c1ccccn1. The summed E-state index contributed by atoms with van der Waals surface area (Å²) in [5.41, 5.74) is 2.69. The highest BCUT2D eigenvalue weighted by atomic mass is 35.5. The van der Waals surface area contributed by atoms with E-state index in [2.05, 4.69) is 21.9 Å². The number of morpholine rings is 1. The first-order valence-electron chi connectivity index (χ1n) is 7.26. The van der Waals surface area contributed by atoms with Gasteiger partial charge in [0.1, 0.15) is 5.69 Å². The summed E-state index contributed by atoms with van der Waals surface area (Å²) in [5, 5.41) is 5.37. The standard InChI is InChI=1S/C15H19ClN4O/c1-2-20-15(12-5-3-4-6-17-12)14(16)13(18-20)11-19-7-9-21-10-8-19/h3-6H,2,7-11H2,1H3. The van der Waals surface area contributed by atoms with E-state index in [9.17, 15) is 0 Å². The van der Waals surface area contributed by atoms with Crippen molar-refractivity contribution < 1.29 is 4.74 Å². The third kappa shape index (κ3) is 3.10. The molecule has 1 fully saturated rings. The van der Waals surface area contributed by atoms with Crippen molar-refractivity contribution in [3.8, 4) is 11.4 Å². The Morgan fingerprint density at radius 2 is 2.10 bits per heavy atom. The number of hydrogen-bond acceptors (Lipinski definition) is 4. The van der Waals surface area contributed by atoms with Gasteiger partial charge in [0.05, 0.1) is 29.6 Å². The Hall–Kier alpha value is -1.43. The van der Waals surface area contributed by atoms with E-state index < -0.39 is 0 Å². The summed E-state index contributed by atoms with van der Waals surface area (Å²) in [7, 11) is 0. The van der Waals surface area contributed by atoms with Gasteiger partial charge < -0.3 is 4.74 Å². The Morgan fingerprint density at radius 3 is 2.76 bits per heavy atom. The number of rotatable bonds is 4. The van der Waals surface area contributed by atoms with Gasteiger partial charge in [-0.15, -0.1) is 0 Å². The highest BCUT2D eigenvalue weighted by Crippen LogP contribution is 2.30. The number of halogens is 1. The van der Waals surface area contributed by atoms with Gasteiger partial charge in [0.2, 0.25) is 0 Å². The van der Waals surface area contributed by atoms with Gasteiger partial charge in [-0.1, -0.05) is 17.7 Å². The van der Waals surface area contributed by atoms with Gasteiger partial charge >= 0.3 is 0 Å². The van der Waals surface area contributed by atoms with Crippen LogP contribution in [0, 0.1) is 0 Å². The van der Waals surface area contributed by atoms with Gasteiger partial charge in [-0.2, -0.15) is 5.10 Å². The molecule has 0 saturated carbocycles. The molecule has 0 amide bonds. The Balaban J connectivity index is 1.90. The van der Waals surface area contributed by atoms with Crippen molar-refractivity contribution in [2.75, 3.05) is 26.3 Å². The summed E-state index contributed by atoms with van der Waals surface area (Å²) < 4.78 is 7.31. The first-order valence-corrected chi connectivity index (χ1v) is 7.64. The Kier molecular flexibility index (Phi) is 4.53. The predicted molar refractivity (Wildman–Crippen MR) is 82.2 cm³/mol.